The first-order valence-corrected chi connectivity index (χ1v) is 7.00. The zero-order valence-corrected chi connectivity index (χ0v) is 13.2. The molecule has 92 valence electrons. The van der Waals surface area contributed by atoms with Gasteiger partial charge in [0.2, 0.25) is 5.91 Å². The van der Waals surface area contributed by atoms with Gasteiger partial charge in [0.05, 0.1) is 16.6 Å². The SMILES string of the molecule is CCC(C(=O)Nc1ccc(Br)cc1Br)C(N)=S. The van der Waals surface area contributed by atoms with Gasteiger partial charge in [-0.25, -0.2) is 0 Å². The topological polar surface area (TPSA) is 55.1 Å². The van der Waals surface area contributed by atoms with E-state index in [1.54, 1.807) is 6.07 Å². The maximum absolute atomic E-state index is 11.9. The molecule has 3 N–H and O–H groups in total. The Hall–Kier alpha value is -0.460. The highest BCUT2D eigenvalue weighted by molar-refractivity contribution is 9.11. The second-order valence-electron chi connectivity index (χ2n) is 3.48. The molecule has 1 unspecified atom stereocenters. The van der Waals surface area contributed by atoms with Crippen LogP contribution in [0.1, 0.15) is 13.3 Å². The molecule has 0 radical (unpaired) electrons. The monoisotopic (exact) mass is 378 g/mol. The molecule has 0 fully saturated rings. The van der Waals surface area contributed by atoms with Crippen molar-refractivity contribution in [2.24, 2.45) is 11.7 Å². The number of nitrogens with one attached hydrogen (secondary N) is 1. The molecule has 0 saturated carbocycles. The van der Waals surface area contributed by atoms with Gasteiger partial charge in [-0.15, -0.1) is 0 Å². The summed E-state index contributed by atoms with van der Waals surface area (Å²) in [4.78, 5) is 12.1. The number of amides is 1. The third kappa shape index (κ3) is 4.04. The molecule has 0 aliphatic carbocycles. The molecule has 0 saturated heterocycles. The Morgan fingerprint density at radius 3 is 2.65 bits per heavy atom. The molecule has 3 nitrogen and oxygen atoms in total. The van der Waals surface area contributed by atoms with E-state index in [0.29, 0.717) is 12.1 Å². The molecule has 6 heteroatoms. The van der Waals surface area contributed by atoms with Gasteiger partial charge in [0, 0.05) is 8.95 Å². The Morgan fingerprint density at radius 1 is 1.53 bits per heavy atom. The lowest BCUT2D eigenvalue weighted by Crippen LogP contribution is -2.32. The zero-order chi connectivity index (χ0) is 13.0. The minimum atomic E-state index is -0.430. The van der Waals surface area contributed by atoms with Gasteiger partial charge < -0.3 is 11.1 Å². The van der Waals surface area contributed by atoms with Gasteiger partial charge in [0.1, 0.15) is 0 Å². The van der Waals surface area contributed by atoms with E-state index >= 15 is 0 Å². The van der Waals surface area contributed by atoms with Gasteiger partial charge >= 0.3 is 0 Å². The highest BCUT2D eigenvalue weighted by Gasteiger charge is 2.19. The van der Waals surface area contributed by atoms with Crippen molar-refractivity contribution < 1.29 is 4.79 Å². The van der Waals surface area contributed by atoms with Crippen molar-refractivity contribution in [1.29, 1.82) is 0 Å². The Morgan fingerprint density at radius 2 is 2.18 bits per heavy atom. The van der Waals surface area contributed by atoms with Gasteiger partial charge in [-0.3, -0.25) is 4.79 Å². The van der Waals surface area contributed by atoms with Crippen LogP contribution in [0.4, 0.5) is 5.69 Å². The number of anilines is 1. The van der Waals surface area contributed by atoms with Crippen LogP contribution in [0.25, 0.3) is 0 Å². The molecule has 0 heterocycles. The summed E-state index contributed by atoms with van der Waals surface area (Å²) in [6.45, 7) is 1.88. The van der Waals surface area contributed by atoms with E-state index in [0.717, 1.165) is 8.95 Å². The number of hydrogen-bond acceptors (Lipinski definition) is 2. The molecule has 1 aromatic carbocycles. The van der Waals surface area contributed by atoms with Crippen LogP contribution in [0.3, 0.4) is 0 Å². The van der Waals surface area contributed by atoms with E-state index < -0.39 is 5.92 Å². The quantitative estimate of drug-likeness (QED) is 0.787. The molecular weight excluding hydrogens is 368 g/mol. The van der Waals surface area contributed by atoms with Crippen LogP contribution in [-0.4, -0.2) is 10.9 Å². The van der Waals surface area contributed by atoms with E-state index in [-0.39, 0.29) is 10.9 Å². The van der Waals surface area contributed by atoms with Gasteiger partial charge in [0.25, 0.3) is 0 Å². The normalized spacial score (nSPS) is 11.9. The summed E-state index contributed by atoms with van der Waals surface area (Å²) in [6.07, 6.45) is 0.593. The van der Waals surface area contributed by atoms with Crippen LogP contribution in [-0.2, 0) is 4.79 Å². The lowest BCUT2D eigenvalue weighted by Gasteiger charge is -2.14. The second kappa shape index (κ2) is 6.47. The lowest BCUT2D eigenvalue weighted by molar-refractivity contribution is -0.118. The van der Waals surface area contributed by atoms with Crippen molar-refractivity contribution in [3.05, 3.63) is 27.1 Å². The van der Waals surface area contributed by atoms with Gasteiger partial charge in [-0.05, 0) is 40.5 Å². The minimum absolute atomic E-state index is 0.178. The molecule has 1 aromatic rings. The summed E-state index contributed by atoms with van der Waals surface area (Å²) in [7, 11) is 0. The van der Waals surface area contributed by atoms with E-state index in [1.165, 1.54) is 0 Å². The van der Waals surface area contributed by atoms with E-state index in [1.807, 2.05) is 19.1 Å². The Labute approximate surface area is 122 Å². The first kappa shape index (κ1) is 14.6. The van der Waals surface area contributed by atoms with Crippen molar-refractivity contribution >= 4 is 60.7 Å². The maximum atomic E-state index is 11.9. The first-order valence-electron chi connectivity index (χ1n) is 5.01. The molecule has 1 amide bonds. The number of benzene rings is 1. The molecular formula is C11H12Br2N2OS. The van der Waals surface area contributed by atoms with Crippen LogP contribution in [0.5, 0.6) is 0 Å². The predicted octanol–water partition coefficient (Wildman–Crippen LogP) is 3.46. The molecule has 0 aliphatic rings. The second-order valence-corrected chi connectivity index (χ2v) is 5.72. The number of halogens is 2. The Balaban J connectivity index is 2.84. The smallest absolute Gasteiger partial charge is 0.234 e. The summed E-state index contributed by atoms with van der Waals surface area (Å²) in [5.74, 6) is -0.608. The van der Waals surface area contributed by atoms with Crippen molar-refractivity contribution in [2.45, 2.75) is 13.3 Å². The summed E-state index contributed by atoms with van der Waals surface area (Å²) < 4.78 is 1.74. The molecule has 0 aliphatic heterocycles. The standard InChI is InChI=1S/C11H12Br2N2OS/c1-2-7(10(14)17)11(16)15-9-4-3-6(12)5-8(9)13/h3-5,7H,2H2,1H3,(H2,14,17)(H,15,16). The summed E-state index contributed by atoms with van der Waals surface area (Å²) in [6, 6.07) is 5.51. The highest BCUT2D eigenvalue weighted by Crippen LogP contribution is 2.26. The first-order chi connectivity index (χ1) is 7.95. The Kier molecular flexibility index (Phi) is 5.55. The maximum Gasteiger partial charge on any atom is 0.234 e. The van der Waals surface area contributed by atoms with Crippen molar-refractivity contribution in [2.75, 3.05) is 5.32 Å². The van der Waals surface area contributed by atoms with Crippen molar-refractivity contribution in [3.8, 4) is 0 Å². The number of thiocarbonyl (C=S) groups is 1. The van der Waals surface area contributed by atoms with Crippen LogP contribution >= 0.6 is 44.1 Å². The fraction of sp³-hybridized carbons (Fsp3) is 0.273. The van der Waals surface area contributed by atoms with Crippen molar-refractivity contribution in [1.82, 2.24) is 0 Å². The fourth-order valence-corrected chi connectivity index (χ4v) is 2.75. The third-order valence-electron chi connectivity index (χ3n) is 2.26. The van der Waals surface area contributed by atoms with Crippen LogP contribution in [0.15, 0.2) is 27.1 Å². The molecule has 0 spiro atoms. The van der Waals surface area contributed by atoms with Gasteiger partial charge in [0.15, 0.2) is 0 Å². The number of hydrogen-bond donors (Lipinski definition) is 2. The molecule has 1 rings (SSSR count). The van der Waals surface area contributed by atoms with E-state index in [2.05, 4.69) is 37.2 Å². The van der Waals surface area contributed by atoms with Crippen LogP contribution in [0, 0.1) is 5.92 Å². The molecule has 0 aromatic heterocycles. The molecule has 17 heavy (non-hydrogen) atoms. The average Bonchev–Trinajstić information content (AvgIpc) is 2.22. The number of carbonyl (C=O) groups excluding carboxylic acids is 1. The van der Waals surface area contributed by atoms with Crippen LogP contribution < -0.4 is 11.1 Å². The van der Waals surface area contributed by atoms with E-state index in [4.69, 9.17) is 18.0 Å². The highest BCUT2D eigenvalue weighted by atomic mass is 79.9. The average molecular weight is 380 g/mol. The molecule has 1 atom stereocenters. The lowest BCUT2D eigenvalue weighted by atomic mass is 10.1. The number of nitrogens with two attached hydrogens (primary N) is 1. The summed E-state index contributed by atoms with van der Waals surface area (Å²) in [5, 5.41) is 2.80. The van der Waals surface area contributed by atoms with E-state index in [9.17, 15) is 4.79 Å². The number of rotatable bonds is 4. The van der Waals surface area contributed by atoms with Gasteiger partial charge in [-0.2, -0.15) is 0 Å². The third-order valence-corrected chi connectivity index (χ3v) is 3.69. The summed E-state index contributed by atoms with van der Waals surface area (Å²) >= 11 is 11.6. The fourth-order valence-electron chi connectivity index (χ4n) is 1.33. The summed E-state index contributed by atoms with van der Waals surface area (Å²) in [5.41, 5.74) is 6.22. The largest absolute Gasteiger partial charge is 0.393 e. The predicted molar refractivity (Wildman–Crippen MR) is 81.0 cm³/mol. The minimum Gasteiger partial charge on any atom is -0.393 e. The van der Waals surface area contributed by atoms with Gasteiger partial charge in [-0.1, -0.05) is 35.1 Å². The van der Waals surface area contributed by atoms with Crippen molar-refractivity contribution in [3.63, 3.8) is 0 Å². The number of carbonyl (C=O) groups is 1. The zero-order valence-electron chi connectivity index (χ0n) is 9.17. The molecule has 0 bridgehead atoms. The van der Waals surface area contributed by atoms with Crippen LogP contribution in [0.2, 0.25) is 0 Å². The Bertz CT molecular complexity index is 451.